The third-order valence-corrected chi connectivity index (χ3v) is 6.02. The van der Waals surface area contributed by atoms with E-state index in [1.807, 2.05) is 23.9 Å². The zero-order chi connectivity index (χ0) is 22.2. The number of likely N-dealkylation sites (tertiary alicyclic amines) is 1. The number of halogens is 1. The van der Waals surface area contributed by atoms with E-state index in [9.17, 15) is 4.39 Å². The zero-order valence-corrected chi connectivity index (χ0v) is 19.4. The van der Waals surface area contributed by atoms with Crippen molar-refractivity contribution in [1.82, 2.24) is 25.3 Å². The maximum atomic E-state index is 13.1. The third kappa shape index (κ3) is 6.29. The smallest absolute Gasteiger partial charge is 0.191 e. The maximum Gasteiger partial charge on any atom is 0.191 e. The van der Waals surface area contributed by atoms with Crippen LogP contribution in [0.15, 0.2) is 29.3 Å². The molecule has 0 saturated carbocycles. The number of nitrogens with one attached hydrogen (secondary N) is 2. The van der Waals surface area contributed by atoms with Gasteiger partial charge in [-0.1, -0.05) is 26.0 Å². The third-order valence-electron chi connectivity index (χ3n) is 6.02. The van der Waals surface area contributed by atoms with Crippen LogP contribution in [-0.2, 0) is 33.0 Å². The monoisotopic (exact) mass is 428 g/mol. The van der Waals surface area contributed by atoms with Crippen LogP contribution in [0.1, 0.15) is 56.1 Å². The number of aryl methyl sites for hydroxylation is 2. The summed E-state index contributed by atoms with van der Waals surface area (Å²) in [6.07, 6.45) is 4.03. The summed E-state index contributed by atoms with van der Waals surface area (Å²) in [7, 11) is 2.02. The van der Waals surface area contributed by atoms with Gasteiger partial charge in [-0.2, -0.15) is 5.10 Å². The number of piperidine rings is 1. The summed E-state index contributed by atoms with van der Waals surface area (Å²) in [5.41, 5.74) is 4.84. The van der Waals surface area contributed by atoms with Crippen molar-refractivity contribution in [2.45, 2.75) is 65.6 Å². The molecule has 1 aromatic carbocycles. The predicted octanol–water partition coefficient (Wildman–Crippen LogP) is 3.40. The van der Waals surface area contributed by atoms with Gasteiger partial charge in [-0.05, 0) is 50.3 Å². The van der Waals surface area contributed by atoms with Gasteiger partial charge in [0.15, 0.2) is 5.96 Å². The van der Waals surface area contributed by atoms with Crippen molar-refractivity contribution in [2.75, 3.05) is 19.6 Å². The largest absolute Gasteiger partial charge is 0.357 e. The fourth-order valence-electron chi connectivity index (χ4n) is 4.33. The van der Waals surface area contributed by atoms with Crippen LogP contribution in [0.5, 0.6) is 0 Å². The second-order valence-electron chi connectivity index (χ2n) is 8.22. The highest BCUT2D eigenvalue weighted by Crippen LogP contribution is 2.17. The van der Waals surface area contributed by atoms with Gasteiger partial charge in [0.25, 0.3) is 0 Å². The van der Waals surface area contributed by atoms with Crippen LogP contribution in [0, 0.1) is 5.82 Å². The van der Waals surface area contributed by atoms with Gasteiger partial charge in [-0.15, -0.1) is 0 Å². The minimum absolute atomic E-state index is 0.176. The second-order valence-corrected chi connectivity index (χ2v) is 8.22. The van der Waals surface area contributed by atoms with Crippen molar-refractivity contribution < 1.29 is 4.39 Å². The van der Waals surface area contributed by atoms with Gasteiger partial charge in [0.05, 0.1) is 12.2 Å². The van der Waals surface area contributed by atoms with Crippen LogP contribution in [0.4, 0.5) is 4.39 Å². The average Bonchev–Trinajstić information content (AvgIpc) is 3.09. The first-order valence-electron chi connectivity index (χ1n) is 11.6. The molecular formula is C24H37FN6. The number of aromatic nitrogens is 2. The van der Waals surface area contributed by atoms with E-state index >= 15 is 0 Å². The van der Waals surface area contributed by atoms with E-state index in [-0.39, 0.29) is 5.82 Å². The number of hydrogen-bond donors (Lipinski definition) is 2. The lowest BCUT2D eigenvalue weighted by Crippen LogP contribution is -2.48. The van der Waals surface area contributed by atoms with E-state index in [2.05, 4.69) is 41.4 Å². The molecule has 2 N–H and O–H groups in total. The molecule has 1 fully saturated rings. The summed E-state index contributed by atoms with van der Waals surface area (Å²) >= 11 is 0. The van der Waals surface area contributed by atoms with Gasteiger partial charge < -0.3 is 10.6 Å². The predicted molar refractivity (Wildman–Crippen MR) is 125 cm³/mol. The summed E-state index contributed by atoms with van der Waals surface area (Å²) in [4.78, 5) is 7.33. The Morgan fingerprint density at radius 3 is 2.45 bits per heavy atom. The summed E-state index contributed by atoms with van der Waals surface area (Å²) in [6, 6.07) is 7.25. The van der Waals surface area contributed by atoms with E-state index in [0.717, 1.165) is 69.1 Å². The van der Waals surface area contributed by atoms with E-state index in [0.29, 0.717) is 12.6 Å². The highest BCUT2D eigenvalue weighted by atomic mass is 19.1. The molecule has 0 bridgehead atoms. The van der Waals surface area contributed by atoms with Crippen LogP contribution in [0.25, 0.3) is 0 Å². The number of rotatable bonds is 8. The molecule has 31 heavy (non-hydrogen) atoms. The van der Waals surface area contributed by atoms with Crippen molar-refractivity contribution in [2.24, 2.45) is 12.0 Å². The summed E-state index contributed by atoms with van der Waals surface area (Å²) in [5, 5.41) is 11.7. The van der Waals surface area contributed by atoms with Crippen molar-refractivity contribution in [3.63, 3.8) is 0 Å². The topological polar surface area (TPSA) is 57.5 Å². The molecule has 0 radical (unpaired) electrons. The lowest BCUT2D eigenvalue weighted by molar-refractivity contribution is 0.198. The lowest BCUT2D eigenvalue weighted by Gasteiger charge is -2.33. The van der Waals surface area contributed by atoms with E-state index in [1.165, 1.54) is 11.3 Å². The first kappa shape index (κ1) is 23.3. The summed E-state index contributed by atoms with van der Waals surface area (Å²) < 4.78 is 15.1. The highest BCUT2D eigenvalue weighted by molar-refractivity contribution is 5.80. The summed E-state index contributed by atoms with van der Waals surface area (Å²) in [5.74, 6) is 0.706. The first-order chi connectivity index (χ1) is 15.0. The standard InChI is InChI=1S/C24H37FN6/c1-5-22-21(23(6-2)30(4)29-22)16-27-24(26-7-3)28-20-12-14-31(15-13-20)17-18-8-10-19(25)11-9-18/h8-11,20H,5-7,12-17H2,1-4H3,(H2,26,27,28). The molecule has 3 rings (SSSR count). The van der Waals surface area contributed by atoms with Crippen molar-refractivity contribution >= 4 is 5.96 Å². The molecule has 0 amide bonds. The minimum atomic E-state index is -0.176. The van der Waals surface area contributed by atoms with Crippen LogP contribution in [0.2, 0.25) is 0 Å². The molecule has 6 nitrogen and oxygen atoms in total. The summed E-state index contributed by atoms with van der Waals surface area (Å²) in [6.45, 7) is 10.8. The highest BCUT2D eigenvalue weighted by Gasteiger charge is 2.20. The van der Waals surface area contributed by atoms with Crippen molar-refractivity contribution in [3.05, 3.63) is 52.6 Å². The van der Waals surface area contributed by atoms with Gasteiger partial charge >= 0.3 is 0 Å². The van der Waals surface area contributed by atoms with Crippen LogP contribution in [0.3, 0.4) is 0 Å². The zero-order valence-electron chi connectivity index (χ0n) is 19.4. The Morgan fingerprint density at radius 1 is 1.13 bits per heavy atom. The normalized spacial score (nSPS) is 16.0. The number of aliphatic imine (C=N–C) groups is 1. The second kappa shape index (κ2) is 11.3. The molecule has 2 aromatic rings. The Kier molecular flexibility index (Phi) is 8.46. The molecule has 1 aromatic heterocycles. The molecular weight excluding hydrogens is 391 g/mol. The van der Waals surface area contributed by atoms with E-state index in [1.54, 1.807) is 12.1 Å². The average molecular weight is 429 g/mol. The molecule has 0 spiro atoms. The Bertz CT molecular complexity index is 850. The molecule has 1 aliphatic heterocycles. The van der Waals surface area contributed by atoms with Crippen LogP contribution < -0.4 is 10.6 Å². The first-order valence-corrected chi connectivity index (χ1v) is 11.6. The van der Waals surface area contributed by atoms with Crippen molar-refractivity contribution in [3.8, 4) is 0 Å². The van der Waals surface area contributed by atoms with Crippen LogP contribution in [-0.4, -0.2) is 46.3 Å². The Labute approximate surface area is 185 Å². The van der Waals surface area contributed by atoms with Crippen molar-refractivity contribution in [1.29, 1.82) is 0 Å². The van der Waals surface area contributed by atoms with Gasteiger partial charge in [0.1, 0.15) is 5.82 Å². The van der Waals surface area contributed by atoms with Gasteiger partial charge in [-0.3, -0.25) is 9.58 Å². The van der Waals surface area contributed by atoms with Gasteiger partial charge in [-0.25, -0.2) is 9.38 Å². The number of nitrogens with zero attached hydrogens (tertiary/aromatic N) is 4. The minimum Gasteiger partial charge on any atom is -0.357 e. The molecule has 0 aliphatic carbocycles. The molecule has 170 valence electrons. The molecule has 2 heterocycles. The Balaban J connectivity index is 1.56. The van der Waals surface area contributed by atoms with Gasteiger partial charge in [0.2, 0.25) is 0 Å². The maximum absolute atomic E-state index is 13.1. The van der Waals surface area contributed by atoms with Crippen LogP contribution >= 0.6 is 0 Å². The van der Waals surface area contributed by atoms with E-state index in [4.69, 9.17) is 4.99 Å². The molecule has 0 unspecified atom stereocenters. The fraction of sp³-hybridized carbons (Fsp3) is 0.583. The van der Waals surface area contributed by atoms with Gasteiger partial charge in [0, 0.05) is 50.5 Å². The number of guanidine groups is 1. The Morgan fingerprint density at radius 2 is 1.84 bits per heavy atom. The molecule has 1 aliphatic rings. The molecule has 0 atom stereocenters. The fourth-order valence-corrected chi connectivity index (χ4v) is 4.33. The molecule has 7 heteroatoms. The number of benzene rings is 1. The number of hydrogen-bond acceptors (Lipinski definition) is 3. The quantitative estimate of drug-likeness (QED) is 0.500. The van der Waals surface area contributed by atoms with E-state index < -0.39 is 0 Å². The molecule has 1 saturated heterocycles. The SMILES string of the molecule is CCNC(=NCc1c(CC)nn(C)c1CC)NC1CCN(Cc2ccc(F)cc2)CC1. The lowest BCUT2D eigenvalue weighted by atomic mass is 10.0. The Hall–Kier alpha value is -2.41.